The Bertz CT molecular complexity index is 554. The zero-order valence-electron chi connectivity index (χ0n) is 8.51. The van der Waals surface area contributed by atoms with E-state index in [0.717, 1.165) is 0 Å². The van der Waals surface area contributed by atoms with Crippen LogP contribution >= 0.6 is 0 Å². The Balaban J connectivity index is 2.79. The lowest BCUT2D eigenvalue weighted by atomic mass is 10.1. The van der Waals surface area contributed by atoms with E-state index in [-0.39, 0.29) is 5.56 Å². The summed E-state index contributed by atoms with van der Waals surface area (Å²) in [6.45, 7) is 3.16. The summed E-state index contributed by atoms with van der Waals surface area (Å²) >= 11 is 0. The Kier molecular flexibility index (Phi) is 2.04. The maximum Gasteiger partial charge on any atom is 0.259 e. The van der Waals surface area contributed by atoms with Crippen molar-refractivity contribution in [3.63, 3.8) is 0 Å². The van der Waals surface area contributed by atoms with Gasteiger partial charge < -0.3 is 5.11 Å². The van der Waals surface area contributed by atoms with Crippen LogP contribution in [0.1, 0.15) is 19.5 Å². The van der Waals surface area contributed by atoms with Gasteiger partial charge in [0.1, 0.15) is 5.60 Å². The predicted molar refractivity (Wildman–Crippen MR) is 54.5 cm³/mol. The van der Waals surface area contributed by atoms with Crippen LogP contribution in [0.5, 0.6) is 0 Å². The van der Waals surface area contributed by atoms with E-state index in [2.05, 4.69) is 9.97 Å². The molecule has 5 heteroatoms. The van der Waals surface area contributed by atoms with Gasteiger partial charge in [-0.05, 0) is 19.9 Å². The lowest BCUT2D eigenvalue weighted by molar-refractivity contribution is 0.0738. The molecule has 2 heterocycles. The molecule has 0 fully saturated rings. The second-order valence-corrected chi connectivity index (χ2v) is 3.83. The SMILES string of the molecule is CC(C)(O)c1cc(=O)n2cccnc2n1. The number of fused-ring (bicyclic) bond motifs is 1. The Labute approximate surface area is 86.0 Å². The zero-order chi connectivity index (χ0) is 11.1. The third-order valence-electron chi connectivity index (χ3n) is 2.07. The van der Waals surface area contributed by atoms with Gasteiger partial charge in [0, 0.05) is 18.5 Å². The molecule has 0 radical (unpaired) electrons. The highest BCUT2D eigenvalue weighted by Crippen LogP contribution is 2.15. The average molecular weight is 205 g/mol. The Morgan fingerprint density at radius 3 is 2.87 bits per heavy atom. The number of aromatic nitrogens is 3. The minimum Gasteiger partial charge on any atom is -0.384 e. The number of nitrogens with zero attached hydrogens (tertiary/aromatic N) is 3. The zero-order valence-corrected chi connectivity index (χ0v) is 8.51. The molecular weight excluding hydrogens is 194 g/mol. The van der Waals surface area contributed by atoms with Crippen molar-refractivity contribution in [2.45, 2.75) is 19.4 Å². The Morgan fingerprint density at radius 2 is 2.20 bits per heavy atom. The predicted octanol–water partition coefficient (Wildman–Crippen LogP) is 0.317. The first kappa shape index (κ1) is 9.79. The summed E-state index contributed by atoms with van der Waals surface area (Å²) in [6.07, 6.45) is 3.14. The van der Waals surface area contributed by atoms with Crippen molar-refractivity contribution >= 4 is 5.78 Å². The van der Waals surface area contributed by atoms with Crippen molar-refractivity contribution in [2.75, 3.05) is 0 Å². The average Bonchev–Trinajstić information content (AvgIpc) is 2.16. The largest absolute Gasteiger partial charge is 0.384 e. The van der Waals surface area contributed by atoms with Crippen molar-refractivity contribution in [3.05, 3.63) is 40.6 Å². The molecule has 0 aromatic carbocycles. The van der Waals surface area contributed by atoms with Crippen LogP contribution in [0, 0.1) is 0 Å². The van der Waals surface area contributed by atoms with Crippen LogP contribution in [0.25, 0.3) is 5.78 Å². The number of rotatable bonds is 1. The summed E-state index contributed by atoms with van der Waals surface area (Å²) in [5.74, 6) is 0.294. The van der Waals surface area contributed by atoms with Gasteiger partial charge >= 0.3 is 0 Å². The molecule has 2 rings (SSSR count). The van der Waals surface area contributed by atoms with Crippen molar-refractivity contribution in [2.24, 2.45) is 0 Å². The van der Waals surface area contributed by atoms with E-state index in [9.17, 15) is 9.90 Å². The van der Waals surface area contributed by atoms with Crippen molar-refractivity contribution in [1.29, 1.82) is 0 Å². The van der Waals surface area contributed by atoms with Gasteiger partial charge in [-0.1, -0.05) is 0 Å². The summed E-state index contributed by atoms with van der Waals surface area (Å²) < 4.78 is 1.33. The van der Waals surface area contributed by atoms with Crippen LogP contribution in [-0.2, 0) is 5.60 Å². The van der Waals surface area contributed by atoms with Gasteiger partial charge in [-0.2, -0.15) is 0 Å². The van der Waals surface area contributed by atoms with Crippen LogP contribution in [0.15, 0.2) is 29.3 Å². The van der Waals surface area contributed by atoms with Crippen LogP contribution < -0.4 is 5.56 Å². The highest BCUT2D eigenvalue weighted by atomic mass is 16.3. The summed E-state index contributed by atoms with van der Waals surface area (Å²) in [5.41, 5.74) is -1.05. The van der Waals surface area contributed by atoms with Gasteiger partial charge in [0.05, 0.1) is 5.69 Å². The van der Waals surface area contributed by atoms with Gasteiger partial charge in [0.2, 0.25) is 5.78 Å². The minimum absolute atomic E-state index is 0.245. The number of hydrogen-bond acceptors (Lipinski definition) is 4. The fraction of sp³-hybridized carbons (Fsp3) is 0.300. The molecule has 0 atom stereocenters. The highest BCUT2D eigenvalue weighted by molar-refractivity contribution is 5.29. The van der Waals surface area contributed by atoms with Crippen LogP contribution in [0.4, 0.5) is 0 Å². The molecule has 5 nitrogen and oxygen atoms in total. The van der Waals surface area contributed by atoms with Gasteiger partial charge in [0.15, 0.2) is 0 Å². The van der Waals surface area contributed by atoms with Crippen molar-refractivity contribution in [1.82, 2.24) is 14.4 Å². The summed E-state index contributed by atoms with van der Waals surface area (Å²) in [5, 5.41) is 9.73. The van der Waals surface area contributed by atoms with E-state index in [1.165, 1.54) is 10.5 Å². The van der Waals surface area contributed by atoms with Gasteiger partial charge in [-0.25, -0.2) is 9.97 Å². The molecule has 0 spiro atoms. The normalized spacial score (nSPS) is 11.9. The second-order valence-electron chi connectivity index (χ2n) is 3.83. The minimum atomic E-state index is -1.13. The standard InChI is InChI=1S/C10H11N3O2/c1-10(2,15)7-6-8(14)13-5-3-4-11-9(13)12-7/h3-6,15H,1-2H3. The summed E-state index contributed by atoms with van der Waals surface area (Å²) in [7, 11) is 0. The quantitative estimate of drug-likeness (QED) is 0.727. The van der Waals surface area contributed by atoms with Crippen LogP contribution in [0.3, 0.4) is 0 Å². The molecule has 0 amide bonds. The van der Waals surface area contributed by atoms with Gasteiger partial charge in [-0.15, -0.1) is 0 Å². The Morgan fingerprint density at radius 1 is 1.47 bits per heavy atom. The lowest BCUT2D eigenvalue weighted by Crippen LogP contribution is -2.24. The second kappa shape index (κ2) is 3.13. The van der Waals surface area contributed by atoms with Crippen LogP contribution in [0.2, 0.25) is 0 Å². The molecule has 2 aromatic heterocycles. The summed E-state index contributed by atoms with van der Waals surface area (Å²) in [6, 6.07) is 2.97. The van der Waals surface area contributed by atoms with Crippen molar-refractivity contribution in [3.8, 4) is 0 Å². The van der Waals surface area contributed by atoms with E-state index in [0.29, 0.717) is 11.5 Å². The van der Waals surface area contributed by atoms with Gasteiger partial charge in [-0.3, -0.25) is 9.20 Å². The number of hydrogen-bond donors (Lipinski definition) is 1. The molecule has 2 aromatic rings. The fourth-order valence-electron chi connectivity index (χ4n) is 1.26. The molecule has 0 aliphatic carbocycles. The third kappa shape index (κ3) is 1.73. The van der Waals surface area contributed by atoms with E-state index in [1.807, 2.05) is 0 Å². The molecule has 0 bridgehead atoms. The highest BCUT2D eigenvalue weighted by Gasteiger charge is 2.19. The molecular formula is C10H11N3O2. The third-order valence-corrected chi connectivity index (χ3v) is 2.07. The molecule has 0 unspecified atom stereocenters. The van der Waals surface area contributed by atoms with E-state index >= 15 is 0 Å². The van der Waals surface area contributed by atoms with Crippen LogP contribution in [-0.4, -0.2) is 19.5 Å². The maximum atomic E-state index is 11.6. The monoisotopic (exact) mass is 205 g/mol. The summed E-state index contributed by atoms with van der Waals surface area (Å²) in [4.78, 5) is 19.7. The molecule has 0 saturated heterocycles. The molecule has 1 N–H and O–H groups in total. The molecule has 15 heavy (non-hydrogen) atoms. The van der Waals surface area contributed by atoms with Crippen molar-refractivity contribution < 1.29 is 5.11 Å². The van der Waals surface area contributed by atoms with E-state index in [4.69, 9.17) is 0 Å². The molecule has 78 valence electrons. The molecule has 0 aliphatic heterocycles. The smallest absolute Gasteiger partial charge is 0.259 e. The van der Waals surface area contributed by atoms with E-state index in [1.54, 1.807) is 32.3 Å². The first-order valence-electron chi connectivity index (χ1n) is 4.56. The topological polar surface area (TPSA) is 67.5 Å². The molecule has 0 saturated carbocycles. The number of aliphatic hydroxyl groups is 1. The van der Waals surface area contributed by atoms with E-state index < -0.39 is 5.60 Å². The van der Waals surface area contributed by atoms with Gasteiger partial charge in [0.25, 0.3) is 5.56 Å². The molecule has 0 aliphatic rings. The maximum absolute atomic E-state index is 11.6. The lowest BCUT2D eigenvalue weighted by Gasteiger charge is -2.15. The first-order chi connectivity index (χ1) is 6.98. The fourth-order valence-corrected chi connectivity index (χ4v) is 1.26. The first-order valence-corrected chi connectivity index (χ1v) is 4.56. The Hall–Kier alpha value is -1.75.